The molecule has 0 saturated heterocycles. The van der Waals surface area contributed by atoms with E-state index in [0.29, 0.717) is 24.8 Å². The first kappa shape index (κ1) is 44.2. The first-order valence-electron chi connectivity index (χ1n) is 17.3. The van der Waals surface area contributed by atoms with Crippen LogP contribution >= 0.6 is 11.6 Å². The maximum atomic E-state index is 11.3. The number of aromatic hydroxyl groups is 2. The molecule has 0 aliphatic heterocycles. The average molecular weight is 792 g/mol. The van der Waals surface area contributed by atoms with Crippen LogP contribution in [0, 0.1) is 18.6 Å². The highest BCUT2D eigenvalue weighted by Crippen LogP contribution is 2.39. The Labute approximate surface area is 334 Å². The zero-order chi connectivity index (χ0) is 40.1. The maximum absolute atomic E-state index is 11.3. The van der Waals surface area contributed by atoms with Crippen molar-refractivity contribution in [3.63, 3.8) is 0 Å². The van der Waals surface area contributed by atoms with Gasteiger partial charge in [-0.25, -0.2) is 0 Å². The van der Waals surface area contributed by atoms with Crippen molar-refractivity contribution in [2.45, 2.75) is 47.0 Å². The predicted octanol–water partition coefficient (Wildman–Crippen LogP) is 9.82. The number of benzene rings is 6. The van der Waals surface area contributed by atoms with E-state index < -0.39 is 10.5 Å². The predicted molar refractivity (Wildman–Crippen MR) is 226 cm³/mol. The van der Waals surface area contributed by atoms with Crippen molar-refractivity contribution in [1.29, 1.82) is 4.78 Å². The van der Waals surface area contributed by atoms with Crippen LogP contribution in [-0.2, 0) is 32.9 Å². The summed E-state index contributed by atoms with van der Waals surface area (Å²) in [5.41, 5.74) is 23.4. The Balaban J connectivity index is 0.000000270. The fourth-order valence-corrected chi connectivity index (χ4v) is 6.29. The molecule has 6 aromatic rings. The molecule has 0 fully saturated rings. The molecule has 9 nitrogen and oxygen atoms in total. The number of rotatable bonds is 10. The Morgan fingerprint density at radius 3 is 1.29 bits per heavy atom. The first-order valence-corrected chi connectivity index (χ1v) is 18.7. The minimum atomic E-state index is -2.61. The van der Waals surface area contributed by atoms with E-state index in [0.717, 1.165) is 33.4 Å². The van der Waals surface area contributed by atoms with Gasteiger partial charge in [-0.2, -0.15) is 13.2 Å². The number of hydrogen-bond donors (Lipinski definition) is 5. The van der Waals surface area contributed by atoms with E-state index in [2.05, 4.69) is 62.4 Å². The third-order valence-corrected chi connectivity index (χ3v) is 8.97. The fourth-order valence-electron chi connectivity index (χ4n) is 6.18. The van der Waals surface area contributed by atoms with Gasteiger partial charge in [0.1, 0.15) is 16.5 Å². The van der Waals surface area contributed by atoms with E-state index >= 15 is 0 Å². The number of phenolic OH excluding ortho intramolecular Hbond substituents is 2. The molecule has 56 heavy (non-hydrogen) atoms. The Bertz CT molecular complexity index is 2360. The van der Waals surface area contributed by atoms with Crippen LogP contribution in [0.4, 0.5) is 0 Å². The lowest BCUT2D eigenvalue weighted by atomic mass is 9.91. The Kier molecular flexibility index (Phi) is 16.6. The summed E-state index contributed by atoms with van der Waals surface area (Å²) in [6, 6.07) is 42.1. The van der Waals surface area contributed by atoms with Gasteiger partial charge in [0.25, 0.3) is 0 Å². The molecule has 0 aliphatic carbocycles. The van der Waals surface area contributed by atoms with Gasteiger partial charge in [-0.15, -0.1) is 0 Å². The number of primary amides is 2. The molecule has 6 aromatic carbocycles. The van der Waals surface area contributed by atoms with Crippen molar-refractivity contribution in [1.82, 2.24) is 0 Å². The Hall–Kier alpha value is -6.23. The van der Waals surface area contributed by atoms with Crippen LogP contribution in [0.5, 0.6) is 11.5 Å². The lowest BCUT2D eigenvalue weighted by molar-refractivity contribution is -0.118. The Morgan fingerprint density at radius 2 is 0.929 bits per heavy atom. The molecule has 11 heteroatoms. The van der Waals surface area contributed by atoms with Crippen molar-refractivity contribution in [2.24, 2.45) is 11.5 Å². The van der Waals surface area contributed by atoms with E-state index in [-0.39, 0.29) is 42.2 Å². The van der Waals surface area contributed by atoms with Gasteiger partial charge in [-0.1, -0.05) is 145 Å². The van der Waals surface area contributed by atoms with Crippen LogP contribution in [0.1, 0.15) is 42.5 Å². The molecule has 6 rings (SSSR count). The summed E-state index contributed by atoms with van der Waals surface area (Å²) in [6.07, 6.45) is 1.67. The van der Waals surface area contributed by atoms with Crippen molar-refractivity contribution in [3.8, 4) is 56.0 Å². The maximum Gasteiger partial charge on any atom is 0.308 e. The second-order valence-electron chi connectivity index (χ2n) is 12.8. The van der Waals surface area contributed by atoms with E-state index in [1.807, 2.05) is 66.7 Å². The summed E-state index contributed by atoms with van der Waals surface area (Å²) in [5.74, 6) is -1.05. The van der Waals surface area contributed by atoms with Crippen LogP contribution in [-0.4, -0.2) is 30.4 Å². The minimum absolute atomic E-state index is 0. The molecule has 290 valence electrons. The van der Waals surface area contributed by atoms with Crippen LogP contribution in [0.3, 0.4) is 0 Å². The minimum Gasteiger partial charge on any atom is -0.506 e. The number of amides is 2. The van der Waals surface area contributed by atoms with E-state index in [1.165, 1.54) is 39.9 Å². The zero-order valence-electron chi connectivity index (χ0n) is 30.4. The molecule has 0 atom stereocenters. The highest BCUT2D eigenvalue weighted by atomic mass is 35.5. The molecular formula is C45H46ClN3O6S. The molecule has 0 spiro atoms. The van der Waals surface area contributed by atoms with Gasteiger partial charge in [0.05, 0.1) is 0 Å². The van der Waals surface area contributed by atoms with Crippen LogP contribution in [0.15, 0.2) is 127 Å². The summed E-state index contributed by atoms with van der Waals surface area (Å²) >= 11 is 5.82. The third-order valence-electron chi connectivity index (χ3n) is 8.58. The summed E-state index contributed by atoms with van der Waals surface area (Å²) in [5, 5.41) is 19.7. The topological polar surface area (TPSA) is 185 Å². The van der Waals surface area contributed by atoms with Gasteiger partial charge in [0.15, 0.2) is 0 Å². The van der Waals surface area contributed by atoms with Crippen LogP contribution in [0.2, 0.25) is 5.02 Å². The summed E-state index contributed by atoms with van der Waals surface area (Å²) in [7, 11) is -2.61. The first-order chi connectivity index (χ1) is 26.2. The van der Waals surface area contributed by atoms with E-state index in [1.54, 1.807) is 0 Å². The normalized spacial score (nSPS) is 10.1. The zero-order valence-corrected chi connectivity index (χ0v) is 32.0. The third kappa shape index (κ3) is 13.0. The number of carbonyl (C=O) groups is 2. The number of nitrogens with one attached hydrogen (secondary N) is 1. The molecule has 7 N–H and O–H groups in total. The number of hydrogen-bond acceptors (Lipinski definition) is 7. The summed E-state index contributed by atoms with van der Waals surface area (Å²) < 4.78 is 22.8. The highest BCUT2D eigenvalue weighted by molar-refractivity contribution is 7.60. The molecule has 0 saturated carbocycles. The quantitative estimate of drug-likeness (QED) is 0.0919. The standard InChI is InChI=1S/C23H23NO.C21H18ClNO3.CH4.HNO2S/c1-16-12-17(2)14-21(13-16)22-10-8-19(18-6-4-3-5-7-18)15-20(22)9-11-23(24)25;22-21-18(24)11-16(12-19(21)25)17-8-6-14(13-4-2-1-3-5-13)10-15(17)7-9-20(23)26;;1-4(2)3/h3-8,10,12-15H,9,11H2,1-2H3,(H2,24,25);1-6,8,10-12,24-25H,7,9H2,(H2,23,26);1H4;1H. The van der Waals surface area contributed by atoms with Gasteiger partial charge >= 0.3 is 10.5 Å². The number of phenols is 2. The second-order valence-corrected chi connectivity index (χ2v) is 13.7. The second kappa shape index (κ2) is 21.0. The SMILES string of the molecule is C.Cc1cc(C)cc(-c2ccc(-c3ccccc3)cc2CCC(N)=O)c1.N=S(=O)=O.NC(=O)CCc1cc(-c2ccccc2)ccc1-c1cc(O)c(Cl)c(O)c1. The van der Waals surface area contributed by atoms with Gasteiger partial charge < -0.3 is 21.7 Å². The van der Waals surface area contributed by atoms with Gasteiger partial charge in [0, 0.05) is 12.8 Å². The average Bonchev–Trinajstić information content (AvgIpc) is 3.15. The molecular weight excluding hydrogens is 746 g/mol. The highest BCUT2D eigenvalue weighted by Gasteiger charge is 2.14. The fraction of sp³-hybridized carbons (Fsp3) is 0.156. The largest absolute Gasteiger partial charge is 0.506 e. The number of aryl methyl sites for hydroxylation is 4. The monoisotopic (exact) mass is 791 g/mol. The molecule has 0 heterocycles. The molecule has 0 aromatic heterocycles. The van der Waals surface area contributed by atoms with Crippen molar-refractivity contribution in [2.75, 3.05) is 0 Å². The molecule has 0 radical (unpaired) electrons. The lowest BCUT2D eigenvalue weighted by Crippen LogP contribution is -2.11. The lowest BCUT2D eigenvalue weighted by Gasteiger charge is -2.13. The summed E-state index contributed by atoms with van der Waals surface area (Å²) in [4.78, 5) is 22.6. The van der Waals surface area contributed by atoms with E-state index in [9.17, 15) is 19.8 Å². The molecule has 0 aliphatic rings. The Morgan fingerprint density at radius 1 is 0.571 bits per heavy atom. The van der Waals surface area contributed by atoms with Crippen molar-refractivity contribution in [3.05, 3.63) is 155 Å². The van der Waals surface area contributed by atoms with Crippen molar-refractivity contribution < 1.29 is 28.2 Å². The number of nitrogens with two attached hydrogens (primary N) is 2. The molecule has 0 unspecified atom stereocenters. The molecule has 2 amide bonds. The number of halogens is 1. The van der Waals surface area contributed by atoms with Crippen LogP contribution in [0.25, 0.3) is 44.5 Å². The summed E-state index contributed by atoms with van der Waals surface area (Å²) in [6.45, 7) is 4.22. The van der Waals surface area contributed by atoms with Gasteiger partial charge in [-0.3, -0.25) is 9.59 Å². The van der Waals surface area contributed by atoms with Gasteiger partial charge in [0.2, 0.25) is 11.8 Å². The van der Waals surface area contributed by atoms with Crippen molar-refractivity contribution >= 4 is 33.9 Å². The van der Waals surface area contributed by atoms with E-state index in [4.69, 9.17) is 36.3 Å². The van der Waals surface area contributed by atoms with Gasteiger partial charge in [-0.05, 0) is 94.5 Å². The number of carbonyl (C=O) groups excluding carboxylic acids is 2. The smallest absolute Gasteiger partial charge is 0.308 e. The molecule has 0 bridgehead atoms. The van der Waals surface area contributed by atoms with Crippen LogP contribution < -0.4 is 11.5 Å².